The number of hydrogen-bond acceptors (Lipinski definition) is 8. The summed E-state index contributed by atoms with van der Waals surface area (Å²) in [5.74, 6) is -1.47. The number of carbonyl (C=O) groups is 2. The molecule has 1 aromatic rings. The fourth-order valence-electron chi connectivity index (χ4n) is 2.52. The Kier molecular flexibility index (Phi) is 4.15. The maximum atomic E-state index is 12.2. The highest BCUT2D eigenvalue weighted by Gasteiger charge is 2.47. The van der Waals surface area contributed by atoms with Crippen LogP contribution in [0, 0.1) is 0 Å². The van der Waals surface area contributed by atoms with Crippen molar-refractivity contribution < 1.29 is 39.6 Å². The van der Waals surface area contributed by atoms with Crippen molar-refractivity contribution in [3.63, 3.8) is 0 Å². The fourth-order valence-corrected chi connectivity index (χ4v) is 2.52. The molecule has 9 nitrogen and oxygen atoms in total. The van der Waals surface area contributed by atoms with Gasteiger partial charge in [0.25, 0.3) is 11.8 Å². The van der Waals surface area contributed by atoms with E-state index in [0.29, 0.717) is 5.06 Å². The highest BCUT2D eigenvalue weighted by Crippen LogP contribution is 2.27. The Balaban J connectivity index is 1.80. The molecule has 2 aliphatic rings. The number of benzene rings is 1. The Bertz CT molecular complexity index is 598. The minimum atomic E-state index is -1.71. The van der Waals surface area contributed by atoms with Gasteiger partial charge in [-0.05, 0) is 12.1 Å². The molecule has 2 aliphatic heterocycles. The van der Waals surface area contributed by atoms with E-state index in [1.54, 1.807) is 12.1 Å². The molecule has 124 valence electrons. The summed E-state index contributed by atoms with van der Waals surface area (Å²) in [5.41, 5.74) is 0.282. The predicted octanol–water partition coefficient (Wildman–Crippen LogP) is -1.99. The van der Waals surface area contributed by atoms with Crippen molar-refractivity contribution in [2.24, 2.45) is 0 Å². The Hall–Kier alpha value is -1.88. The third kappa shape index (κ3) is 2.53. The average Bonchev–Trinajstić information content (AvgIpc) is 2.80. The number of imide groups is 1. The van der Waals surface area contributed by atoms with Crippen LogP contribution in [0.4, 0.5) is 0 Å². The van der Waals surface area contributed by atoms with Gasteiger partial charge in [0.15, 0.2) is 0 Å². The molecule has 0 bridgehead atoms. The van der Waals surface area contributed by atoms with Gasteiger partial charge in [0.05, 0.1) is 17.7 Å². The third-order valence-corrected chi connectivity index (χ3v) is 3.81. The second-order valence-corrected chi connectivity index (χ2v) is 5.25. The zero-order valence-electron chi connectivity index (χ0n) is 11.8. The van der Waals surface area contributed by atoms with Crippen molar-refractivity contribution in [1.82, 2.24) is 5.06 Å². The van der Waals surface area contributed by atoms with Gasteiger partial charge in [-0.2, -0.15) is 0 Å². The minimum Gasteiger partial charge on any atom is -0.394 e. The number of carbonyl (C=O) groups excluding carboxylic acids is 2. The molecule has 0 aromatic heterocycles. The number of aliphatic hydroxyl groups is 4. The normalized spacial score (nSPS) is 33.9. The molecule has 0 saturated carbocycles. The second kappa shape index (κ2) is 5.96. The molecule has 1 aromatic carbocycles. The molecular weight excluding hydrogens is 310 g/mol. The van der Waals surface area contributed by atoms with Crippen LogP contribution in [0.5, 0.6) is 0 Å². The molecule has 2 heterocycles. The lowest BCUT2D eigenvalue weighted by Gasteiger charge is -2.39. The van der Waals surface area contributed by atoms with Gasteiger partial charge in [0.2, 0.25) is 6.29 Å². The van der Waals surface area contributed by atoms with Crippen LogP contribution in [-0.2, 0) is 9.57 Å². The maximum absolute atomic E-state index is 12.2. The summed E-state index contributed by atoms with van der Waals surface area (Å²) >= 11 is 0. The number of amides is 2. The van der Waals surface area contributed by atoms with Crippen molar-refractivity contribution in [3.8, 4) is 0 Å². The summed E-state index contributed by atoms with van der Waals surface area (Å²) in [4.78, 5) is 29.4. The molecule has 9 heteroatoms. The van der Waals surface area contributed by atoms with Crippen LogP contribution in [0.2, 0.25) is 0 Å². The predicted molar refractivity (Wildman–Crippen MR) is 71.8 cm³/mol. The Morgan fingerprint density at radius 3 is 2.09 bits per heavy atom. The smallest absolute Gasteiger partial charge is 0.285 e. The molecule has 2 amide bonds. The summed E-state index contributed by atoms with van der Waals surface area (Å²) in [6, 6.07) is 6.07. The fraction of sp³-hybridized carbons (Fsp3) is 0.429. The Labute approximate surface area is 130 Å². The number of ether oxygens (including phenoxy) is 1. The first-order valence-corrected chi connectivity index (χ1v) is 6.90. The summed E-state index contributed by atoms with van der Waals surface area (Å²) in [6.45, 7) is -0.646. The molecule has 3 rings (SSSR count). The number of hydrogen-bond donors (Lipinski definition) is 4. The average molecular weight is 325 g/mol. The lowest BCUT2D eigenvalue weighted by atomic mass is 9.99. The van der Waals surface area contributed by atoms with Gasteiger partial charge in [-0.1, -0.05) is 12.1 Å². The van der Waals surface area contributed by atoms with Gasteiger partial charge in [-0.25, -0.2) is 4.84 Å². The molecule has 4 N–H and O–H groups in total. The van der Waals surface area contributed by atoms with Gasteiger partial charge < -0.3 is 25.2 Å². The quantitative estimate of drug-likeness (QED) is 0.469. The van der Waals surface area contributed by atoms with Gasteiger partial charge in [-0.15, -0.1) is 5.06 Å². The van der Waals surface area contributed by atoms with Crippen LogP contribution in [0.3, 0.4) is 0 Å². The van der Waals surface area contributed by atoms with E-state index in [1.165, 1.54) is 12.1 Å². The summed E-state index contributed by atoms with van der Waals surface area (Å²) in [6.07, 6.45) is -7.74. The SMILES string of the molecule is O=C1c2ccccc2C(=O)N1O[C@H]1O[C@H](CO)[C@@H](O)[C@H](O)[C@H]1O. The molecular formula is C14H15NO8. The third-order valence-electron chi connectivity index (χ3n) is 3.81. The summed E-state index contributed by atoms with van der Waals surface area (Å²) < 4.78 is 5.11. The standard InChI is InChI=1S/C14H15NO8/c16-5-8-9(17)10(18)11(19)14(22-8)23-15-12(20)6-3-1-2-4-7(6)13(15)21/h1-4,8-11,14,16-19H,5H2/t8-,9-,10+,11-,14-/m1/s1. The molecule has 0 radical (unpaired) electrons. The van der Waals surface area contributed by atoms with E-state index in [0.717, 1.165) is 0 Å². The van der Waals surface area contributed by atoms with E-state index in [9.17, 15) is 24.9 Å². The largest absolute Gasteiger partial charge is 0.394 e. The van der Waals surface area contributed by atoms with Crippen LogP contribution < -0.4 is 0 Å². The second-order valence-electron chi connectivity index (χ2n) is 5.25. The van der Waals surface area contributed by atoms with Gasteiger partial charge in [0, 0.05) is 0 Å². The summed E-state index contributed by atoms with van der Waals surface area (Å²) in [7, 11) is 0. The van der Waals surface area contributed by atoms with Crippen molar-refractivity contribution in [1.29, 1.82) is 0 Å². The van der Waals surface area contributed by atoms with Crippen molar-refractivity contribution in [3.05, 3.63) is 35.4 Å². The van der Waals surface area contributed by atoms with Crippen LogP contribution >= 0.6 is 0 Å². The highest BCUT2D eigenvalue weighted by atomic mass is 16.8. The van der Waals surface area contributed by atoms with Crippen molar-refractivity contribution in [2.75, 3.05) is 6.61 Å². The van der Waals surface area contributed by atoms with E-state index in [2.05, 4.69) is 0 Å². The number of rotatable bonds is 3. The first-order chi connectivity index (χ1) is 11.0. The molecule has 0 aliphatic carbocycles. The lowest BCUT2D eigenvalue weighted by Crippen LogP contribution is -2.60. The van der Waals surface area contributed by atoms with Crippen LogP contribution in [0.15, 0.2) is 24.3 Å². The molecule has 1 fully saturated rings. The number of fused-ring (bicyclic) bond motifs is 1. The van der Waals surface area contributed by atoms with E-state index in [1.807, 2.05) is 0 Å². The zero-order valence-corrected chi connectivity index (χ0v) is 11.8. The Morgan fingerprint density at radius 1 is 1.00 bits per heavy atom. The van der Waals surface area contributed by atoms with Crippen LogP contribution in [0.1, 0.15) is 20.7 Å². The molecule has 0 unspecified atom stereocenters. The van der Waals surface area contributed by atoms with E-state index < -0.39 is 49.1 Å². The molecule has 1 saturated heterocycles. The zero-order chi connectivity index (χ0) is 16.7. The van der Waals surface area contributed by atoms with E-state index in [-0.39, 0.29) is 11.1 Å². The van der Waals surface area contributed by atoms with Crippen molar-refractivity contribution in [2.45, 2.75) is 30.7 Å². The van der Waals surface area contributed by atoms with Gasteiger partial charge >= 0.3 is 0 Å². The molecule has 5 atom stereocenters. The van der Waals surface area contributed by atoms with Crippen LogP contribution in [-0.4, -0.2) is 74.6 Å². The monoisotopic (exact) mass is 325 g/mol. The van der Waals surface area contributed by atoms with Crippen molar-refractivity contribution >= 4 is 11.8 Å². The summed E-state index contributed by atoms with van der Waals surface area (Å²) in [5, 5.41) is 38.8. The molecule has 23 heavy (non-hydrogen) atoms. The van der Waals surface area contributed by atoms with Crippen LogP contribution in [0.25, 0.3) is 0 Å². The topological polar surface area (TPSA) is 137 Å². The number of nitrogens with zero attached hydrogens (tertiary/aromatic N) is 1. The maximum Gasteiger partial charge on any atom is 0.285 e. The minimum absolute atomic E-state index is 0.141. The first kappa shape index (κ1) is 16.0. The van der Waals surface area contributed by atoms with E-state index >= 15 is 0 Å². The number of aliphatic hydroxyl groups excluding tert-OH is 4. The van der Waals surface area contributed by atoms with Gasteiger partial charge in [0.1, 0.15) is 24.4 Å². The molecule has 0 spiro atoms. The first-order valence-electron chi connectivity index (χ1n) is 6.90. The van der Waals surface area contributed by atoms with E-state index in [4.69, 9.17) is 14.7 Å². The lowest BCUT2D eigenvalue weighted by molar-refractivity contribution is -0.338. The van der Waals surface area contributed by atoms with Gasteiger partial charge in [-0.3, -0.25) is 9.59 Å². The highest BCUT2D eigenvalue weighted by molar-refractivity contribution is 6.20. The number of hydroxylamine groups is 2. The Morgan fingerprint density at radius 2 is 1.57 bits per heavy atom.